The van der Waals surface area contributed by atoms with Gasteiger partial charge in [-0.25, -0.2) is 4.79 Å². The summed E-state index contributed by atoms with van der Waals surface area (Å²) in [5, 5.41) is 5.83. The van der Waals surface area contributed by atoms with Gasteiger partial charge in [0.2, 0.25) is 0 Å². The topological polar surface area (TPSA) is 41.1 Å². The van der Waals surface area contributed by atoms with Gasteiger partial charge in [-0.15, -0.1) is 0 Å². The van der Waals surface area contributed by atoms with E-state index >= 15 is 0 Å². The molecule has 2 atom stereocenters. The summed E-state index contributed by atoms with van der Waals surface area (Å²) in [6, 6.07) is 8.08. The first kappa shape index (κ1) is 15.1. The van der Waals surface area contributed by atoms with Gasteiger partial charge in [-0.1, -0.05) is 53.9 Å². The van der Waals surface area contributed by atoms with Crippen molar-refractivity contribution in [2.45, 2.75) is 38.6 Å². The fourth-order valence-electron chi connectivity index (χ4n) is 2.56. The maximum atomic E-state index is 11.8. The van der Waals surface area contributed by atoms with E-state index in [-0.39, 0.29) is 6.03 Å². The summed E-state index contributed by atoms with van der Waals surface area (Å²) >= 11 is 3.47. The summed E-state index contributed by atoms with van der Waals surface area (Å²) < 4.78 is 1.01. The Hall–Kier alpha value is -1.29. The number of amides is 2. The van der Waals surface area contributed by atoms with Crippen LogP contribution in [0.1, 0.15) is 38.2 Å². The molecule has 2 N–H and O–H groups in total. The van der Waals surface area contributed by atoms with Gasteiger partial charge in [0.15, 0.2) is 0 Å². The van der Waals surface area contributed by atoms with Gasteiger partial charge in [-0.2, -0.15) is 0 Å². The molecule has 2 rings (SSSR count). The van der Waals surface area contributed by atoms with Crippen molar-refractivity contribution in [3.8, 4) is 0 Å². The van der Waals surface area contributed by atoms with Gasteiger partial charge < -0.3 is 10.6 Å². The predicted molar refractivity (Wildman–Crippen MR) is 86.3 cm³/mol. The highest BCUT2D eigenvalue weighted by molar-refractivity contribution is 9.10. The third-order valence-corrected chi connectivity index (χ3v) is 4.53. The van der Waals surface area contributed by atoms with Crippen LogP contribution in [-0.2, 0) is 0 Å². The Morgan fingerprint density at radius 3 is 2.80 bits per heavy atom. The minimum Gasteiger partial charge on any atom is -0.335 e. The van der Waals surface area contributed by atoms with Crippen molar-refractivity contribution in [3.05, 3.63) is 40.5 Å². The SMILES string of the molecule is CC1CCCCC1NC(=O)N/C=C/c1ccccc1Br. The molecular weight excluding hydrogens is 316 g/mol. The molecule has 1 saturated carbocycles. The number of benzene rings is 1. The van der Waals surface area contributed by atoms with Crippen LogP contribution in [0.4, 0.5) is 4.79 Å². The van der Waals surface area contributed by atoms with Gasteiger partial charge in [0, 0.05) is 16.7 Å². The summed E-state index contributed by atoms with van der Waals surface area (Å²) in [6.07, 6.45) is 8.35. The summed E-state index contributed by atoms with van der Waals surface area (Å²) in [4.78, 5) is 11.8. The minimum absolute atomic E-state index is 0.118. The van der Waals surface area contributed by atoms with Crippen molar-refractivity contribution >= 4 is 28.0 Å². The number of halogens is 1. The average Bonchev–Trinajstić information content (AvgIpc) is 2.43. The second-order valence-electron chi connectivity index (χ2n) is 5.34. The van der Waals surface area contributed by atoms with E-state index in [1.54, 1.807) is 6.20 Å². The molecular formula is C16H21BrN2O. The Labute approximate surface area is 129 Å². The molecule has 3 nitrogen and oxygen atoms in total. The van der Waals surface area contributed by atoms with Gasteiger partial charge in [-0.05, 0) is 36.5 Å². The second-order valence-corrected chi connectivity index (χ2v) is 6.20. The van der Waals surface area contributed by atoms with Gasteiger partial charge in [0.1, 0.15) is 0 Å². The van der Waals surface area contributed by atoms with Crippen LogP contribution in [0, 0.1) is 5.92 Å². The van der Waals surface area contributed by atoms with Crippen LogP contribution in [0.25, 0.3) is 6.08 Å². The zero-order chi connectivity index (χ0) is 14.4. The normalized spacial score (nSPS) is 22.7. The molecule has 0 heterocycles. The highest BCUT2D eigenvalue weighted by Gasteiger charge is 2.22. The quantitative estimate of drug-likeness (QED) is 0.848. The van der Waals surface area contributed by atoms with Crippen LogP contribution in [0.15, 0.2) is 34.9 Å². The first-order valence-corrected chi connectivity index (χ1v) is 7.94. The lowest BCUT2D eigenvalue weighted by Crippen LogP contribution is -2.44. The molecule has 2 unspecified atom stereocenters. The highest BCUT2D eigenvalue weighted by atomic mass is 79.9. The lowest BCUT2D eigenvalue weighted by atomic mass is 9.86. The number of hydrogen-bond donors (Lipinski definition) is 2. The van der Waals surface area contributed by atoms with Gasteiger partial charge in [0.05, 0.1) is 0 Å². The van der Waals surface area contributed by atoms with E-state index in [1.807, 2.05) is 30.3 Å². The molecule has 1 aromatic carbocycles. The van der Waals surface area contributed by atoms with E-state index in [9.17, 15) is 4.79 Å². The van der Waals surface area contributed by atoms with Crippen LogP contribution in [0.2, 0.25) is 0 Å². The van der Waals surface area contributed by atoms with Crippen molar-refractivity contribution in [2.24, 2.45) is 5.92 Å². The molecule has 0 bridgehead atoms. The van der Waals surface area contributed by atoms with Crippen molar-refractivity contribution < 1.29 is 4.79 Å². The van der Waals surface area contributed by atoms with Gasteiger partial charge >= 0.3 is 6.03 Å². The molecule has 108 valence electrons. The lowest BCUT2D eigenvalue weighted by molar-refractivity contribution is 0.225. The molecule has 0 radical (unpaired) electrons. The van der Waals surface area contributed by atoms with Crippen molar-refractivity contribution in [3.63, 3.8) is 0 Å². The Kier molecular flexibility index (Phi) is 5.65. The van der Waals surface area contributed by atoms with E-state index in [2.05, 4.69) is 33.5 Å². The summed E-state index contributed by atoms with van der Waals surface area (Å²) in [6.45, 7) is 2.21. The first-order valence-electron chi connectivity index (χ1n) is 7.15. The maximum absolute atomic E-state index is 11.8. The second kappa shape index (κ2) is 7.48. The lowest BCUT2D eigenvalue weighted by Gasteiger charge is -2.29. The third-order valence-electron chi connectivity index (χ3n) is 3.81. The zero-order valence-corrected chi connectivity index (χ0v) is 13.3. The van der Waals surface area contributed by atoms with E-state index < -0.39 is 0 Å². The van der Waals surface area contributed by atoms with Gasteiger partial charge in [-0.3, -0.25) is 0 Å². The molecule has 1 fully saturated rings. The Morgan fingerprint density at radius 2 is 2.05 bits per heavy atom. The summed E-state index contributed by atoms with van der Waals surface area (Å²) in [5.74, 6) is 0.571. The molecule has 0 aromatic heterocycles. The summed E-state index contributed by atoms with van der Waals surface area (Å²) in [5.41, 5.74) is 1.04. The van der Waals surface area contributed by atoms with E-state index in [4.69, 9.17) is 0 Å². The highest BCUT2D eigenvalue weighted by Crippen LogP contribution is 2.23. The molecule has 20 heavy (non-hydrogen) atoms. The number of nitrogens with one attached hydrogen (secondary N) is 2. The molecule has 0 aliphatic heterocycles. The smallest absolute Gasteiger partial charge is 0.318 e. The predicted octanol–water partition coefficient (Wildman–Crippen LogP) is 4.30. The van der Waals surface area contributed by atoms with Crippen molar-refractivity contribution in [2.75, 3.05) is 0 Å². The van der Waals surface area contributed by atoms with Crippen LogP contribution in [0.3, 0.4) is 0 Å². The van der Waals surface area contributed by atoms with Crippen LogP contribution >= 0.6 is 15.9 Å². The molecule has 0 spiro atoms. The zero-order valence-electron chi connectivity index (χ0n) is 11.7. The summed E-state index contributed by atoms with van der Waals surface area (Å²) in [7, 11) is 0. The molecule has 2 amide bonds. The fraction of sp³-hybridized carbons (Fsp3) is 0.438. The number of urea groups is 1. The van der Waals surface area contributed by atoms with Crippen LogP contribution < -0.4 is 10.6 Å². The van der Waals surface area contributed by atoms with E-state index in [0.29, 0.717) is 12.0 Å². The Bertz CT molecular complexity index is 487. The average molecular weight is 337 g/mol. The minimum atomic E-state index is -0.118. The molecule has 0 saturated heterocycles. The molecule has 1 aliphatic carbocycles. The van der Waals surface area contributed by atoms with Crippen molar-refractivity contribution in [1.82, 2.24) is 10.6 Å². The van der Waals surface area contributed by atoms with Crippen LogP contribution in [-0.4, -0.2) is 12.1 Å². The number of carbonyl (C=O) groups excluding carboxylic acids is 1. The van der Waals surface area contributed by atoms with Crippen molar-refractivity contribution in [1.29, 1.82) is 0 Å². The van der Waals surface area contributed by atoms with Gasteiger partial charge in [0.25, 0.3) is 0 Å². The molecule has 4 heteroatoms. The number of hydrogen-bond acceptors (Lipinski definition) is 1. The molecule has 1 aliphatic rings. The maximum Gasteiger partial charge on any atom is 0.318 e. The first-order chi connectivity index (χ1) is 9.66. The van der Waals surface area contributed by atoms with Crippen LogP contribution in [0.5, 0.6) is 0 Å². The molecule has 1 aromatic rings. The largest absolute Gasteiger partial charge is 0.335 e. The third kappa shape index (κ3) is 4.37. The number of rotatable bonds is 3. The number of carbonyl (C=O) groups is 1. The van der Waals surface area contributed by atoms with E-state index in [1.165, 1.54) is 19.3 Å². The fourth-order valence-corrected chi connectivity index (χ4v) is 2.98. The Morgan fingerprint density at radius 1 is 1.30 bits per heavy atom. The standard InChI is InChI=1S/C16H21BrN2O/c1-12-6-2-5-9-15(12)19-16(20)18-11-10-13-7-3-4-8-14(13)17/h3-4,7-8,10-12,15H,2,5-6,9H2,1H3,(H2,18,19,20)/b11-10+. The monoisotopic (exact) mass is 336 g/mol. The van der Waals surface area contributed by atoms with E-state index in [0.717, 1.165) is 16.5 Å². The Balaban J connectivity index is 1.81.